The number of aliphatic hydroxyl groups is 1. The average molecular weight is 174 g/mol. The van der Waals surface area contributed by atoms with Crippen LogP contribution in [0.25, 0.3) is 0 Å². The molecule has 7 fully saturated rings. The van der Waals surface area contributed by atoms with Crippen molar-refractivity contribution in [1.82, 2.24) is 0 Å². The smallest absolute Gasteiger partial charge is 0.0749 e. The van der Waals surface area contributed by atoms with E-state index in [1.165, 1.54) is 19.3 Å². The highest BCUT2D eigenvalue weighted by atomic mass is 16.3. The third-order valence-electron chi connectivity index (χ3n) is 7.64. The molecule has 1 heteroatoms. The lowest BCUT2D eigenvalue weighted by molar-refractivity contribution is -0.261. The highest BCUT2D eigenvalue weighted by Crippen LogP contribution is 3.12. The van der Waals surface area contributed by atoms with Crippen molar-refractivity contribution in [3.63, 3.8) is 0 Å². The van der Waals surface area contributed by atoms with E-state index in [4.69, 9.17) is 0 Å². The first-order valence-electron chi connectivity index (χ1n) is 6.02. The van der Waals surface area contributed by atoms with Gasteiger partial charge in [0.25, 0.3) is 0 Å². The van der Waals surface area contributed by atoms with Gasteiger partial charge in [0.1, 0.15) is 0 Å². The van der Waals surface area contributed by atoms with Crippen molar-refractivity contribution < 1.29 is 5.11 Å². The minimum absolute atomic E-state index is 0.0975. The number of rotatable bonds is 0. The van der Waals surface area contributed by atoms with Crippen LogP contribution in [-0.4, -0.2) is 10.7 Å². The first-order chi connectivity index (χ1) is 6.30. The van der Waals surface area contributed by atoms with Gasteiger partial charge in [-0.25, -0.2) is 0 Å². The third-order valence-corrected chi connectivity index (χ3v) is 7.64. The van der Waals surface area contributed by atoms with Crippen LogP contribution in [0.4, 0.5) is 0 Å². The summed E-state index contributed by atoms with van der Waals surface area (Å²) in [5.74, 6) is 5.08. The second kappa shape index (κ2) is 1.05. The van der Waals surface area contributed by atoms with Crippen LogP contribution in [0.5, 0.6) is 0 Å². The molecule has 2 bridgehead atoms. The van der Waals surface area contributed by atoms with Gasteiger partial charge in [-0.05, 0) is 60.7 Å². The maximum absolute atomic E-state index is 10.5. The zero-order valence-electron chi connectivity index (χ0n) is 7.66. The molecule has 0 radical (unpaired) electrons. The second-order valence-corrected chi connectivity index (χ2v) is 6.71. The number of hydrogen-bond acceptors (Lipinski definition) is 1. The molecule has 0 aromatic rings. The molecule has 0 aliphatic heterocycles. The van der Waals surface area contributed by atoms with Gasteiger partial charge in [0.15, 0.2) is 0 Å². The van der Waals surface area contributed by atoms with E-state index in [0.29, 0.717) is 5.41 Å². The molecule has 7 aliphatic rings. The van der Waals surface area contributed by atoms with E-state index in [9.17, 15) is 5.11 Å². The molecule has 13 heavy (non-hydrogen) atoms. The van der Waals surface area contributed by atoms with Crippen LogP contribution in [0, 0.1) is 40.4 Å². The molecule has 8 unspecified atom stereocenters. The largest absolute Gasteiger partial charge is 0.389 e. The van der Waals surface area contributed by atoms with E-state index in [0.717, 1.165) is 41.4 Å². The summed E-state index contributed by atoms with van der Waals surface area (Å²) in [6, 6.07) is 0. The first kappa shape index (κ1) is 5.75. The molecular weight excluding hydrogens is 160 g/mol. The lowest BCUT2D eigenvalue weighted by Crippen LogP contribution is -2.68. The summed E-state index contributed by atoms with van der Waals surface area (Å²) < 4.78 is 0. The summed E-state index contributed by atoms with van der Waals surface area (Å²) in [6.07, 6.45) is 5.58. The van der Waals surface area contributed by atoms with Crippen LogP contribution in [0.3, 0.4) is 0 Å². The van der Waals surface area contributed by atoms with Gasteiger partial charge >= 0.3 is 0 Å². The average Bonchev–Trinajstić information content (AvgIpc) is 2.30. The molecule has 0 amide bonds. The summed E-state index contributed by atoms with van der Waals surface area (Å²) in [6.45, 7) is 0. The van der Waals surface area contributed by atoms with Crippen molar-refractivity contribution in [2.45, 2.75) is 31.3 Å². The quantitative estimate of drug-likeness (QED) is 0.588. The summed E-state index contributed by atoms with van der Waals surface area (Å²) in [5.41, 5.74) is 1.24. The fraction of sp³-hybridized carbons (Fsp3) is 1.00. The zero-order chi connectivity index (χ0) is 8.22. The van der Waals surface area contributed by atoms with E-state index < -0.39 is 0 Å². The Morgan fingerprint density at radius 1 is 1.08 bits per heavy atom. The van der Waals surface area contributed by atoms with Crippen LogP contribution in [0.2, 0.25) is 0 Å². The zero-order valence-corrected chi connectivity index (χ0v) is 7.66. The maximum Gasteiger partial charge on any atom is 0.0749 e. The van der Waals surface area contributed by atoms with Gasteiger partial charge in [-0.2, -0.15) is 0 Å². The van der Waals surface area contributed by atoms with Crippen molar-refractivity contribution >= 4 is 0 Å². The highest BCUT2D eigenvalue weighted by Gasteiger charge is 3.13. The van der Waals surface area contributed by atoms with Gasteiger partial charge in [-0.1, -0.05) is 0 Å². The van der Waals surface area contributed by atoms with Gasteiger partial charge in [0.05, 0.1) is 5.60 Å². The predicted molar refractivity (Wildman–Crippen MR) is 45.7 cm³/mol. The molecule has 1 N–H and O–H groups in total. The molecule has 0 aromatic heterocycles. The Balaban J connectivity index is 1.70. The van der Waals surface area contributed by atoms with Gasteiger partial charge in [0, 0.05) is 5.41 Å². The van der Waals surface area contributed by atoms with Crippen molar-refractivity contribution in [3.8, 4) is 0 Å². The van der Waals surface area contributed by atoms with E-state index in [2.05, 4.69) is 0 Å². The SMILES string of the molecule is OC12CCC13C1C4C5CCC5C13C42. The van der Waals surface area contributed by atoms with Crippen LogP contribution in [0.1, 0.15) is 25.7 Å². The molecule has 68 valence electrons. The lowest BCUT2D eigenvalue weighted by Gasteiger charge is -2.65. The first-order valence-corrected chi connectivity index (χ1v) is 6.02. The Morgan fingerprint density at radius 2 is 2.00 bits per heavy atom. The van der Waals surface area contributed by atoms with E-state index >= 15 is 0 Å². The van der Waals surface area contributed by atoms with Crippen molar-refractivity contribution in [2.75, 3.05) is 0 Å². The molecule has 0 saturated heterocycles. The van der Waals surface area contributed by atoms with E-state index in [1.54, 1.807) is 0 Å². The van der Waals surface area contributed by atoms with Crippen molar-refractivity contribution in [2.24, 2.45) is 40.4 Å². The van der Waals surface area contributed by atoms with E-state index in [1.807, 2.05) is 0 Å². The summed E-state index contributed by atoms with van der Waals surface area (Å²) in [5, 5.41) is 10.5. The molecule has 7 aliphatic carbocycles. The lowest BCUT2D eigenvalue weighted by atomic mass is 9.42. The number of hydrogen-bond donors (Lipinski definition) is 1. The van der Waals surface area contributed by atoms with Crippen molar-refractivity contribution in [3.05, 3.63) is 0 Å². The second-order valence-electron chi connectivity index (χ2n) is 6.71. The Kier molecular flexibility index (Phi) is 0.465. The minimum Gasteiger partial charge on any atom is -0.389 e. The Morgan fingerprint density at radius 3 is 2.54 bits per heavy atom. The minimum atomic E-state index is -0.0975. The molecule has 1 nitrogen and oxygen atoms in total. The van der Waals surface area contributed by atoms with Gasteiger partial charge in [-0.3, -0.25) is 0 Å². The predicted octanol–water partition coefficient (Wildman–Crippen LogP) is 1.41. The Hall–Kier alpha value is -0.0400. The Labute approximate surface area is 77.5 Å². The van der Waals surface area contributed by atoms with Crippen LogP contribution < -0.4 is 0 Å². The Bertz CT molecular complexity index is 391. The molecule has 0 heterocycles. The normalized spacial score (nSPS) is 93.5. The van der Waals surface area contributed by atoms with Gasteiger partial charge < -0.3 is 5.11 Å². The van der Waals surface area contributed by atoms with Gasteiger partial charge in [-0.15, -0.1) is 0 Å². The van der Waals surface area contributed by atoms with Crippen LogP contribution in [0.15, 0.2) is 0 Å². The summed E-state index contributed by atoms with van der Waals surface area (Å²) >= 11 is 0. The molecule has 0 aromatic carbocycles. The maximum atomic E-state index is 10.5. The molecule has 7 saturated carbocycles. The monoisotopic (exact) mass is 174 g/mol. The standard InChI is InChI=1S/C12H14O/c13-11-4-3-10(11)8-7-5-1-2-6(5)12(8,10)9(7)11/h5-9,13H,1-4H2. The van der Waals surface area contributed by atoms with Crippen LogP contribution >= 0.6 is 0 Å². The molecule has 7 rings (SSSR count). The molecule has 2 spiro atoms. The summed E-state index contributed by atoms with van der Waals surface area (Å²) in [4.78, 5) is 0. The fourth-order valence-electron chi connectivity index (χ4n) is 7.73. The highest BCUT2D eigenvalue weighted by molar-refractivity contribution is 5.60. The fourth-order valence-corrected chi connectivity index (χ4v) is 7.73. The van der Waals surface area contributed by atoms with Crippen LogP contribution in [-0.2, 0) is 0 Å². The topological polar surface area (TPSA) is 20.2 Å². The molecule has 8 atom stereocenters. The summed E-state index contributed by atoms with van der Waals surface area (Å²) in [7, 11) is 0. The van der Waals surface area contributed by atoms with E-state index in [-0.39, 0.29) is 5.60 Å². The third kappa shape index (κ3) is 0.217. The van der Waals surface area contributed by atoms with Gasteiger partial charge in [0.2, 0.25) is 0 Å². The molecular formula is C12H14O. The van der Waals surface area contributed by atoms with Crippen molar-refractivity contribution in [1.29, 1.82) is 0 Å².